The lowest BCUT2D eigenvalue weighted by Crippen LogP contribution is -2.31. The SMILES string of the molecule is CC(C)c1ncc(CN2CCCN(CCCc3ccccc3)CC2)cn1. The van der Waals surface area contributed by atoms with E-state index in [9.17, 15) is 0 Å². The summed E-state index contributed by atoms with van der Waals surface area (Å²) >= 11 is 0. The van der Waals surface area contributed by atoms with Crippen molar-refractivity contribution in [2.75, 3.05) is 32.7 Å². The van der Waals surface area contributed by atoms with Gasteiger partial charge in [-0.05, 0) is 44.5 Å². The summed E-state index contributed by atoms with van der Waals surface area (Å²) in [5.41, 5.74) is 2.68. The highest BCUT2D eigenvalue weighted by Gasteiger charge is 2.15. The molecule has 1 saturated heterocycles. The summed E-state index contributed by atoms with van der Waals surface area (Å²) in [5, 5.41) is 0. The highest BCUT2D eigenvalue weighted by atomic mass is 15.2. The highest BCUT2D eigenvalue weighted by Crippen LogP contribution is 2.12. The van der Waals surface area contributed by atoms with E-state index in [-0.39, 0.29) is 0 Å². The fourth-order valence-corrected chi connectivity index (χ4v) is 3.56. The van der Waals surface area contributed by atoms with E-state index < -0.39 is 0 Å². The Morgan fingerprint density at radius 2 is 1.58 bits per heavy atom. The van der Waals surface area contributed by atoms with E-state index in [1.807, 2.05) is 12.4 Å². The molecule has 0 saturated carbocycles. The molecule has 2 heterocycles. The fraction of sp³-hybridized carbons (Fsp3) is 0.545. The maximum atomic E-state index is 4.50. The molecule has 140 valence electrons. The molecule has 4 heteroatoms. The molecule has 1 aliphatic heterocycles. The maximum Gasteiger partial charge on any atom is 0.130 e. The van der Waals surface area contributed by atoms with E-state index >= 15 is 0 Å². The number of hydrogen-bond donors (Lipinski definition) is 0. The van der Waals surface area contributed by atoms with Crippen molar-refractivity contribution in [3.8, 4) is 0 Å². The molecule has 1 fully saturated rings. The van der Waals surface area contributed by atoms with Crippen LogP contribution in [-0.2, 0) is 13.0 Å². The number of aromatic nitrogens is 2. The minimum absolute atomic E-state index is 0.395. The highest BCUT2D eigenvalue weighted by molar-refractivity contribution is 5.14. The molecule has 0 unspecified atom stereocenters. The average Bonchev–Trinajstić information content (AvgIpc) is 2.88. The summed E-state index contributed by atoms with van der Waals surface area (Å²) in [6.45, 7) is 11.1. The van der Waals surface area contributed by atoms with Gasteiger partial charge in [-0.15, -0.1) is 0 Å². The van der Waals surface area contributed by atoms with Crippen molar-refractivity contribution >= 4 is 0 Å². The van der Waals surface area contributed by atoms with E-state index in [2.05, 4.69) is 63.9 Å². The summed E-state index contributed by atoms with van der Waals surface area (Å²) in [6, 6.07) is 10.8. The Morgan fingerprint density at radius 1 is 0.885 bits per heavy atom. The van der Waals surface area contributed by atoms with Gasteiger partial charge in [-0.2, -0.15) is 0 Å². The van der Waals surface area contributed by atoms with Gasteiger partial charge in [-0.3, -0.25) is 4.90 Å². The van der Waals surface area contributed by atoms with Gasteiger partial charge in [-0.1, -0.05) is 44.2 Å². The first-order valence-corrected chi connectivity index (χ1v) is 10.00. The molecule has 2 aromatic rings. The molecule has 0 aliphatic carbocycles. The lowest BCUT2D eigenvalue weighted by Gasteiger charge is -2.21. The van der Waals surface area contributed by atoms with Crippen molar-refractivity contribution in [2.24, 2.45) is 0 Å². The molecular weight excluding hydrogens is 320 g/mol. The normalized spacial score (nSPS) is 16.7. The average molecular weight is 353 g/mol. The lowest BCUT2D eigenvalue weighted by molar-refractivity contribution is 0.250. The van der Waals surface area contributed by atoms with E-state index in [0.717, 1.165) is 18.9 Å². The Bertz CT molecular complexity index is 639. The second-order valence-electron chi connectivity index (χ2n) is 7.66. The minimum Gasteiger partial charge on any atom is -0.302 e. The number of nitrogens with zero attached hydrogens (tertiary/aromatic N) is 4. The van der Waals surface area contributed by atoms with E-state index in [0.29, 0.717) is 5.92 Å². The summed E-state index contributed by atoms with van der Waals surface area (Å²) in [6.07, 6.45) is 7.68. The molecule has 0 radical (unpaired) electrons. The molecule has 0 spiro atoms. The number of aryl methyl sites for hydroxylation is 1. The number of rotatable bonds is 7. The third kappa shape index (κ3) is 5.89. The van der Waals surface area contributed by atoms with Crippen LogP contribution in [0.3, 0.4) is 0 Å². The predicted octanol–water partition coefficient (Wildman–Crippen LogP) is 3.74. The van der Waals surface area contributed by atoms with Gasteiger partial charge in [0.15, 0.2) is 0 Å². The van der Waals surface area contributed by atoms with Crippen molar-refractivity contribution in [3.63, 3.8) is 0 Å². The van der Waals surface area contributed by atoms with Crippen LogP contribution >= 0.6 is 0 Å². The molecular formula is C22H32N4. The van der Waals surface area contributed by atoms with Crippen LogP contribution in [0.25, 0.3) is 0 Å². The number of hydrogen-bond acceptors (Lipinski definition) is 4. The van der Waals surface area contributed by atoms with Crippen molar-refractivity contribution in [1.82, 2.24) is 19.8 Å². The second-order valence-corrected chi connectivity index (χ2v) is 7.66. The van der Waals surface area contributed by atoms with Gasteiger partial charge in [0.1, 0.15) is 5.82 Å². The summed E-state index contributed by atoms with van der Waals surface area (Å²) < 4.78 is 0. The number of benzene rings is 1. The smallest absolute Gasteiger partial charge is 0.130 e. The third-order valence-electron chi connectivity index (χ3n) is 5.11. The predicted molar refractivity (Wildman–Crippen MR) is 107 cm³/mol. The van der Waals surface area contributed by atoms with Crippen molar-refractivity contribution in [2.45, 2.75) is 45.6 Å². The quantitative estimate of drug-likeness (QED) is 0.760. The first-order chi connectivity index (χ1) is 12.7. The minimum atomic E-state index is 0.395. The topological polar surface area (TPSA) is 32.3 Å². The van der Waals surface area contributed by atoms with Gasteiger partial charge in [0, 0.05) is 43.5 Å². The Morgan fingerprint density at radius 3 is 2.31 bits per heavy atom. The largest absolute Gasteiger partial charge is 0.302 e. The monoisotopic (exact) mass is 352 g/mol. The van der Waals surface area contributed by atoms with Crippen LogP contribution in [0.15, 0.2) is 42.7 Å². The van der Waals surface area contributed by atoms with Crippen molar-refractivity contribution in [3.05, 3.63) is 59.7 Å². The van der Waals surface area contributed by atoms with Crippen LogP contribution in [0, 0.1) is 0 Å². The molecule has 26 heavy (non-hydrogen) atoms. The van der Waals surface area contributed by atoms with Gasteiger partial charge >= 0.3 is 0 Å². The summed E-state index contributed by atoms with van der Waals surface area (Å²) in [7, 11) is 0. The zero-order valence-electron chi connectivity index (χ0n) is 16.3. The van der Waals surface area contributed by atoms with Crippen LogP contribution in [0.5, 0.6) is 0 Å². The molecule has 1 aliphatic rings. The summed E-state index contributed by atoms with van der Waals surface area (Å²) in [4.78, 5) is 14.2. The van der Waals surface area contributed by atoms with Crippen LogP contribution < -0.4 is 0 Å². The van der Waals surface area contributed by atoms with Gasteiger partial charge in [0.25, 0.3) is 0 Å². The van der Waals surface area contributed by atoms with Gasteiger partial charge < -0.3 is 4.90 Å². The lowest BCUT2D eigenvalue weighted by atomic mass is 10.1. The molecule has 4 nitrogen and oxygen atoms in total. The van der Waals surface area contributed by atoms with E-state index in [4.69, 9.17) is 0 Å². The van der Waals surface area contributed by atoms with Crippen molar-refractivity contribution in [1.29, 1.82) is 0 Å². The third-order valence-corrected chi connectivity index (χ3v) is 5.11. The molecule has 1 aromatic carbocycles. The first kappa shape index (κ1) is 19.0. The molecule has 0 amide bonds. The van der Waals surface area contributed by atoms with Gasteiger partial charge in [-0.25, -0.2) is 9.97 Å². The van der Waals surface area contributed by atoms with Crippen LogP contribution in [0.2, 0.25) is 0 Å². The molecule has 1 aromatic heterocycles. The van der Waals surface area contributed by atoms with Crippen LogP contribution in [0.4, 0.5) is 0 Å². The Labute approximate surface area is 158 Å². The Kier molecular flexibility index (Phi) is 7.15. The van der Waals surface area contributed by atoms with E-state index in [1.165, 1.54) is 56.6 Å². The maximum absolute atomic E-state index is 4.50. The van der Waals surface area contributed by atoms with Gasteiger partial charge in [0.2, 0.25) is 0 Å². The second kappa shape index (κ2) is 9.79. The summed E-state index contributed by atoms with van der Waals surface area (Å²) in [5.74, 6) is 1.33. The van der Waals surface area contributed by atoms with Gasteiger partial charge in [0.05, 0.1) is 0 Å². The van der Waals surface area contributed by atoms with E-state index in [1.54, 1.807) is 0 Å². The molecule has 0 bridgehead atoms. The Hall–Kier alpha value is -1.78. The first-order valence-electron chi connectivity index (χ1n) is 10.00. The standard InChI is InChI=1S/C22H32N4/c1-19(2)22-23-16-21(17-24-22)18-26-13-7-12-25(14-15-26)11-6-10-20-8-4-3-5-9-20/h3-5,8-9,16-17,19H,6-7,10-15,18H2,1-2H3. The zero-order valence-corrected chi connectivity index (χ0v) is 16.3. The molecule has 0 N–H and O–H groups in total. The van der Waals surface area contributed by atoms with Crippen LogP contribution in [-0.4, -0.2) is 52.5 Å². The fourth-order valence-electron chi connectivity index (χ4n) is 3.56. The Balaban J connectivity index is 1.41. The molecule has 0 atom stereocenters. The zero-order chi connectivity index (χ0) is 18.2. The molecule has 3 rings (SSSR count). The van der Waals surface area contributed by atoms with Crippen LogP contribution in [0.1, 0.15) is 49.6 Å². The van der Waals surface area contributed by atoms with Crippen molar-refractivity contribution < 1.29 is 0 Å².